The first-order chi connectivity index (χ1) is 17.6. The van der Waals surface area contributed by atoms with Gasteiger partial charge in [0.05, 0.1) is 18.4 Å². The SMILES string of the molecule is COC(=O)c1cccnc1/C=C/[C@@H](Cc1ccccc1F)N(Cc1ccccc1)Cc1ccccc1. The van der Waals surface area contributed by atoms with Crippen molar-refractivity contribution >= 4 is 12.0 Å². The van der Waals surface area contributed by atoms with Crippen LogP contribution in [0.15, 0.2) is 109 Å². The van der Waals surface area contributed by atoms with Crippen molar-refractivity contribution in [3.8, 4) is 0 Å². The Kier molecular flexibility index (Phi) is 8.73. The summed E-state index contributed by atoms with van der Waals surface area (Å²) in [5, 5.41) is 0. The second-order valence-electron chi connectivity index (χ2n) is 8.53. The fourth-order valence-electron chi connectivity index (χ4n) is 4.17. The Morgan fingerprint density at radius 3 is 2.11 bits per heavy atom. The number of nitrogens with zero attached hydrogens (tertiary/aromatic N) is 2. The van der Waals surface area contributed by atoms with Crippen LogP contribution >= 0.6 is 0 Å². The van der Waals surface area contributed by atoms with Crippen LogP contribution < -0.4 is 0 Å². The lowest BCUT2D eigenvalue weighted by molar-refractivity contribution is 0.0600. The van der Waals surface area contributed by atoms with E-state index >= 15 is 0 Å². The zero-order chi connectivity index (χ0) is 25.2. The van der Waals surface area contributed by atoms with Crippen molar-refractivity contribution in [1.82, 2.24) is 9.88 Å². The van der Waals surface area contributed by atoms with E-state index in [1.54, 1.807) is 24.4 Å². The van der Waals surface area contributed by atoms with Gasteiger partial charge in [0.15, 0.2) is 0 Å². The molecule has 4 nitrogen and oxygen atoms in total. The zero-order valence-corrected chi connectivity index (χ0v) is 20.3. The van der Waals surface area contributed by atoms with E-state index in [9.17, 15) is 9.18 Å². The van der Waals surface area contributed by atoms with E-state index in [0.717, 1.165) is 11.1 Å². The van der Waals surface area contributed by atoms with E-state index in [0.29, 0.717) is 36.3 Å². The zero-order valence-electron chi connectivity index (χ0n) is 20.3. The summed E-state index contributed by atoms with van der Waals surface area (Å²) in [4.78, 5) is 19.0. The minimum Gasteiger partial charge on any atom is -0.465 e. The molecular weight excluding hydrogens is 451 g/mol. The molecule has 0 aliphatic heterocycles. The quantitative estimate of drug-likeness (QED) is 0.249. The van der Waals surface area contributed by atoms with Gasteiger partial charge in [-0.2, -0.15) is 0 Å². The Bertz CT molecular complexity index is 1250. The number of halogens is 1. The molecule has 182 valence electrons. The van der Waals surface area contributed by atoms with Crippen molar-refractivity contribution in [1.29, 1.82) is 0 Å². The maximum Gasteiger partial charge on any atom is 0.340 e. The molecule has 0 aliphatic carbocycles. The number of methoxy groups -OCH3 is 1. The monoisotopic (exact) mass is 480 g/mol. The second-order valence-corrected chi connectivity index (χ2v) is 8.53. The maximum absolute atomic E-state index is 14.7. The van der Waals surface area contributed by atoms with E-state index < -0.39 is 5.97 Å². The van der Waals surface area contributed by atoms with Gasteiger partial charge >= 0.3 is 5.97 Å². The lowest BCUT2D eigenvalue weighted by Crippen LogP contribution is -2.35. The Morgan fingerprint density at radius 2 is 1.50 bits per heavy atom. The molecule has 5 heteroatoms. The largest absolute Gasteiger partial charge is 0.465 e. The van der Waals surface area contributed by atoms with Crippen molar-refractivity contribution in [2.24, 2.45) is 0 Å². The molecule has 0 saturated heterocycles. The molecule has 0 radical (unpaired) electrons. The van der Waals surface area contributed by atoms with Crippen molar-refractivity contribution in [2.45, 2.75) is 25.6 Å². The van der Waals surface area contributed by atoms with Crippen LogP contribution in [0.5, 0.6) is 0 Å². The van der Waals surface area contributed by atoms with Crippen LogP contribution in [0.2, 0.25) is 0 Å². The number of esters is 1. The molecule has 0 saturated carbocycles. The molecule has 4 aromatic rings. The van der Waals surface area contributed by atoms with E-state index in [4.69, 9.17) is 4.74 Å². The second kappa shape index (κ2) is 12.6. The average molecular weight is 481 g/mol. The average Bonchev–Trinajstić information content (AvgIpc) is 2.92. The molecule has 0 spiro atoms. The third kappa shape index (κ3) is 6.74. The van der Waals surface area contributed by atoms with Gasteiger partial charge in [-0.25, -0.2) is 9.18 Å². The molecule has 1 heterocycles. The molecule has 0 fully saturated rings. The highest BCUT2D eigenvalue weighted by Crippen LogP contribution is 2.21. The van der Waals surface area contributed by atoms with E-state index in [2.05, 4.69) is 34.1 Å². The first-order valence-electron chi connectivity index (χ1n) is 11.9. The molecule has 0 bridgehead atoms. The molecule has 1 atom stereocenters. The number of hydrogen-bond acceptors (Lipinski definition) is 4. The van der Waals surface area contributed by atoms with Crippen LogP contribution in [0.1, 0.15) is 32.7 Å². The number of pyridine rings is 1. The van der Waals surface area contributed by atoms with E-state index in [-0.39, 0.29) is 11.9 Å². The number of hydrogen-bond donors (Lipinski definition) is 0. The third-order valence-electron chi connectivity index (χ3n) is 6.03. The number of ether oxygens (including phenoxy) is 1. The predicted molar refractivity (Wildman–Crippen MR) is 141 cm³/mol. The van der Waals surface area contributed by atoms with Crippen molar-refractivity contribution in [3.63, 3.8) is 0 Å². The highest BCUT2D eigenvalue weighted by Gasteiger charge is 2.20. The van der Waals surface area contributed by atoms with Crippen LogP contribution in [-0.2, 0) is 24.2 Å². The van der Waals surface area contributed by atoms with Gasteiger partial charge in [0, 0.05) is 25.3 Å². The molecule has 0 N–H and O–H groups in total. The molecule has 0 amide bonds. The predicted octanol–water partition coefficient (Wildman–Crippen LogP) is 6.33. The van der Waals surface area contributed by atoms with Crippen molar-refractivity contribution in [3.05, 3.63) is 143 Å². The lowest BCUT2D eigenvalue weighted by atomic mass is 10.0. The molecule has 1 aromatic heterocycles. The van der Waals surface area contributed by atoms with Gasteiger partial charge in [0.25, 0.3) is 0 Å². The molecule has 0 unspecified atom stereocenters. The van der Waals surface area contributed by atoms with Crippen LogP contribution in [0.25, 0.3) is 6.08 Å². The maximum atomic E-state index is 14.7. The molecule has 0 aliphatic rings. The van der Waals surface area contributed by atoms with Gasteiger partial charge in [-0.1, -0.05) is 84.9 Å². The normalized spacial score (nSPS) is 12.1. The Morgan fingerprint density at radius 1 is 0.889 bits per heavy atom. The summed E-state index contributed by atoms with van der Waals surface area (Å²) in [6.45, 7) is 1.34. The molecular formula is C31H29FN2O2. The summed E-state index contributed by atoms with van der Waals surface area (Å²) in [6.07, 6.45) is 5.95. The van der Waals surface area contributed by atoms with Gasteiger partial charge in [0.2, 0.25) is 0 Å². The molecule has 4 rings (SSSR count). The van der Waals surface area contributed by atoms with Crippen LogP contribution in [0.4, 0.5) is 4.39 Å². The Balaban J connectivity index is 1.73. The first-order valence-corrected chi connectivity index (χ1v) is 11.9. The fraction of sp³-hybridized carbons (Fsp3) is 0.161. The summed E-state index contributed by atoms with van der Waals surface area (Å²) < 4.78 is 19.7. The van der Waals surface area contributed by atoms with Gasteiger partial charge in [-0.15, -0.1) is 0 Å². The van der Waals surface area contributed by atoms with Crippen molar-refractivity contribution in [2.75, 3.05) is 7.11 Å². The summed E-state index contributed by atoms with van der Waals surface area (Å²) >= 11 is 0. The standard InChI is InChI=1S/C31H29FN2O2/c1-36-31(35)28-16-10-20-33-30(28)19-18-27(21-26-15-8-9-17-29(26)32)34(22-24-11-4-2-5-12-24)23-25-13-6-3-7-14-25/h2-20,27H,21-23H2,1H3/b19-18+/t27-/m0/s1. The minimum absolute atomic E-state index is 0.171. The highest BCUT2D eigenvalue weighted by atomic mass is 19.1. The van der Waals surface area contributed by atoms with Crippen LogP contribution in [0.3, 0.4) is 0 Å². The number of benzene rings is 3. The molecule has 36 heavy (non-hydrogen) atoms. The lowest BCUT2D eigenvalue weighted by Gasteiger charge is -2.30. The third-order valence-corrected chi connectivity index (χ3v) is 6.03. The Labute approximate surface area is 211 Å². The highest BCUT2D eigenvalue weighted by molar-refractivity contribution is 5.92. The number of carbonyl (C=O) groups excluding carboxylic acids is 1. The van der Waals surface area contributed by atoms with E-state index in [1.165, 1.54) is 13.2 Å². The summed E-state index contributed by atoms with van der Waals surface area (Å²) in [7, 11) is 1.35. The number of aromatic nitrogens is 1. The number of carbonyl (C=O) groups is 1. The summed E-state index contributed by atoms with van der Waals surface area (Å²) in [6, 6.07) is 30.5. The van der Waals surface area contributed by atoms with Crippen LogP contribution in [-0.4, -0.2) is 29.0 Å². The van der Waals surface area contributed by atoms with Crippen molar-refractivity contribution < 1.29 is 13.9 Å². The first kappa shape index (κ1) is 25.0. The van der Waals surface area contributed by atoms with Gasteiger partial charge in [-0.3, -0.25) is 9.88 Å². The summed E-state index contributed by atoms with van der Waals surface area (Å²) in [5.74, 6) is -0.679. The van der Waals surface area contributed by atoms with Crippen LogP contribution in [0, 0.1) is 5.82 Å². The topological polar surface area (TPSA) is 42.4 Å². The summed E-state index contributed by atoms with van der Waals surface area (Å²) in [5.41, 5.74) is 3.86. The fourth-order valence-corrected chi connectivity index (χ4v) is 4.17. The number of rotatable bonds is 10. The smallest absolute Gasteiger partial charge is 0.340 e. The van der Waals surface area contributed by atoms with Gasteiger partial charge in [-0.05, 0) is 47.4 Å². The molecule has 3 aromatic carbocycles. The minimum atomic E-state index is -0.446. The van der Waals surface area contributed by atoms with Gasteiger partial charge < -0.3 is 4.74 Å². The van der Waals surface area contributed by atoms with E-state index in [1.807, 2.05) is 60.7 Å². The Hall–Kier alpha value is -4.09. The van der Waals surface area contributed by atoms with Gasteiger partial charge in [0.1, 0.15) is 5.82 Å².